The molecule has 1 saturated carbocycles. The molecule has 0 aromatic heterocycles. The number of rotatable bonds is 6. The Morgan fingerprint density at radius 2 is 2.00 bits per heavy atom. The molecule has 0 bridgehead atoms. The second-order valence-corrected chi connectivity index (χ2v) is 7.53. The summed E-state index contributed by atoms with van der Waals surface area (Å²) in [6.07, 6.45) is 1.87. The fourth-order valence-corrected chi connectivity index (χ4v) is 4.39. The van der Waals surface area contributed by atoms with Crippen LogP contribution in [-0.4, -0.2) is 21.5 Å². The second-order valence-electron chi connectivity index (χ2n) is 5.04. The van der Waals surface area contributed by atoms with E-state index in [1.54, 1.807) is 7.05 Å². The Labute approximate surface area is 129 Å². The zero-order valence-electron chi connectivity index (χ0n) is 11.4. The lowest BCUT2D eigenvalue weighted by Gasteiger charge is -2.11. The van der Waals surface area contributed by atoms with E-state index in [1.807, 2.05) is 0 Å². The van der Waals surface area contributed by atoms with Crippen LogP contribution >= 0.6 is 23.2 Å². The van der Waals surface area contributed by atoms with Crippen molar-refractivity contribution in [3.63, 3.8) is 0 Å². The molecule has 2 N–H and O–H groups in total. The lowest BCUT2D eigenvalue weighted by molar-refractivity contribution is 0.575. The fourth-order valence-electron chi connectivity index (χ4n) is 2.21. The van der Waals surface area contributed by atoms with Gasteiger partial charge in [0.25, 0.3) is 0 Å². The average Bonchev–Trinajstić information content (AvgIpc) is 3.10. The lowest BCUT2D eigenvalue weighted by atomic mass is 10.2. The van der Waals surface area contributed by atoms with E-state index in [0.29, 0.717) is 23.0 Å². The van der Waals surface area contributed by atoms with Gasteiger partial charge in [0.1, 0.15) is 4.90 Å². The van der Waals surface area contributed by atoms with Crippen LogP contribution in [0.4, 0.5) is 0 Å². The SMILES string of the molecule is CCC1CC1NS(=O)(=O)c1cc(CNC)c(Cl)cc1Cl. The number of benzene rings is 1. The van der Waals surface area contributed by atoms with E-state index in [0.717, 1.165) is 12.8 Å². The summed E-state index contributed by atoms with van der Waals surface area (Å²) < 4.78 is 27.4. The van der Waals surface area contributed by atoms with E-state index in [4.69, 9.17) is 23.2 Å². The number of hydrogen-bond acceptors (Lipinski definition) is 3. The van der Waals surface area contributed by atoms with Crippen molar-refractivity contribution in [3.8, 4) is 0 Å². The van der Waals surface area contributed by atoms with Crippen LogP contribution in [0.25, 0.3) is 0 Å². The smallest absolute Gasteiger partial charge is 0.242 e. The Morgan fingerprint density at radius 3 is 2.55 bits per heavy atom. The molecule has 2 rings (SSSR count). The summed E-state index contributed by atoms with van der Waals surface area (Å²) >= 11 is 12.1. The molecular weight excluding hydrogens is 319 g/mol. The maximum atomic E-state index is 12.4. The Balaban J connectivity index is 2.28. The lowest BCUT2D eigenvalue weighted by Crippen LogP contribution is -2.27. The molecule has 20 heavy (non-hydrogen) atoms. The van der Waals surface area contributed by atoms with Gasteiger partial charge in [0.05, 0.1) is 5.02 Å². The maximum absolute atomic E-state index is 12.4. The molecule has 0 saturated heterocycles. The van der Waals surface area contributed by atoms with Crippen molar-refractivity contribution in [3.05, 3.63) is 27.7 Å². The summed E-state index contributed by atoms with van der Waals surface area (Å²) in [5.74, 6) is 0.438. The summed E-state index contributed by atoms with van der Waals surface area (Å²) in [5.41, 5.74) is 0.710. The van der Waals surface area contributed by atoms with Crippen molar-refractivity contribution >= 4 is 33.2 Å². The highest BCUT2D eigenvalue weighted by molar-refractivity contribution is 7.89. The molecule has 0 heterocycles. The van der Waals surface area contributed by atoms with E-state index in [-0.39, 0.29) is 16.0 Å². The van der Waals surface area contributed by atoms with Gasteiger partial charge in [-0.25, -0.2) is 13.1 Å². The summed E-state index contributed by atoms with van der Waals surface area (Å²) in [6.45, 7) is 2.54. The third-order valence-electron chi connectivity index (χ3n) is 3.51. The van der Waals surface area contributed by atoms with Crippen molar-refractivity contribution in [2.45, 2.75) is 37.2 Å². The molecular formula is C13H18Cl2N2O2S. The molecule has 112 valence electrons. The molecule has 1 aromatic carbocycles. The van der Waals surface area contributed by atoms with E-state index in [2.05, 4.69) is 17.0 Å². The van der Waals surface area contributed by atoms with Crippen molar-refractivity contribution in [2.24, 2.45) is 5.92 Å². The molecule has 1 aromatic rings. The second kappa shape index (κ2) is 6.20. The monoisotopic (exact) mass is 336 g/mol. The summed E-state index contributed by atoms with van der Waals surface area (Å²) in [5, 5.41) is 3.56. The first-order valence-electron chi connectivity index (χ1n) is 6.54. The quantitative estimate of drug-likeness (QED) is 0.839. The van der Waals surface area contributed by atoms with Gasteiger partial charge in [-0.15, -0.1) is 0 Å². The third kappa shape index (κ3) is 3.46. The average molecular weight is 337 g/mol. The first-order valence-corrected chi connectivity index (χ1v) is 8.77. The zero-order valence-corrected chi connectivity index (χ0v) is 13.7. The van der Waals surface area contributed by atoms with Crippen LogP contribution in [0, 0.1) is 5.92 Å². The van der Waals surface area contributed by atoms with Gasteiger partial charge >= 0.3 is 0 Å². The number of hydrogen-bond donors (Lipinski definition) is 2. The van der Waals surface area contributed by atoms with Gasteiger partial charge in [-0.3, -0.25) is 0 Å². The first kappa shape index (κ1) is 16.0. The fraction of sp³-hybridized carbons (Fsp3) is 0.538. The zero-order chi connectivity index (χ0) is 14.9. The van der Waals surface area contributed by atoms with Gasteiger partial charge in [0.15, 0.2) is 0 Å². The third-order valence-corrected chi connectivity index (χ3v) is 5.82. The predicted molar refractivity (Wildman–Crippen MR) is 81.7 cm³/mol. The van der Waals surface area contributed by atoms with Crippen LogP contribution in [0.3, 0.4) is 0 Å². The van der Waals surface area contributed by atoms with Gasteiger partial charge in [-0.1, -0.05) is 36.5 Å². The Morgan fingerprint density at radius 1 is 1.30 bits per heavy atom. The molecule has 0 amide bonds. The molecule has 7 heteroatoms. The summed E-state index contributed by atoms with van der Waals surface area (Å²) in [4.78, 5) is 0.0931. The minimum Gasteiger partial charge on any atom is -0.316 e. The summed E-state index contributed by atoms with van der Waals surface area (Å²) in [7, 11) is -1.83. The Hall–Kier alpha value is -0.330. The largest absolute Gasteiger partial charge is 0.316 e. The van der Waals surface area contributed by atoms with E-state index in [1.165, 1.54) is 12.1 Å². The highest BCUT2D eigenvalue weighted by Crippen LogP contribution is 2.36. The van der Waals surface area contributed by atoms with Crippen LogP contribution in [-0.2, 0) is 16.6 Å². The topological polar surface area (TPSA) is 58.2 Å². The minimum atomic E-state index is -3.60. The minimum absolute atomic E-state index is 0.0319. The number of halogens is 2. The highest BCUT2D eigenvalue weighted by atomic mass is 35.5. The van der Waals surface area contributed by atoms with Gasteiger partial charge < -0.3 is 5.32 Å². The predicted octanol–water partition coefficient (Wildman–Crippen LogP) is 2.79. The van der Waals surface area contributed by atoms with Gasteiger partial charge in [0.2, 0.25) is 10.0 Å². The van der Waals surface area contributed by atoms with E-state index in [9.17, 15) is 8.42 Å². The molecule has 1 fully saturated rings. The van der Waals surface area contributed by atoms with Crippen molar-refractivity contribution in [2.75, 3.05) is 7.05 Å². The maximum Gasteiger partial charge on any atom is 0.242 e. The molecule has 1 aliphatic rings. The number of nitrogens with one attached hydrogen (secondary N) is 2. The molecule has 0 spiro atoms. The normalized spacial score (nSPS) is 22.0. The van der Waals surface area contributed by atoms with Gasteiger partial charge in [0, 0.05) is 17.6 Å². The van der Waals surface area contributed by atoms with Crippen molar-refractivity contribution < 1.29 is 8.42 Å². The molecule has 2 unspecified atom stereocenters. The first-order chi connectivity index (χ1) is 9.39. The van der Waals surface area contributed by atoms with Crippen LogP contribution in [0.1, 0.15) is 25.3 Å². The van der Waals surface area contributed by atoms with Crippen LogP contribution in [0.2, 0.25) is 10.0 Å². The van der Waals surface area contributed by atoms with Crippen molar-refractivity contribution in [1.82, 2.24) is 10.0 Å². The Kier molecular flexibility index (Phi) is 4.97. The van der Waals surface area contributed by atoms with E-state index < -0.39 is 10.0 Å². The molecule has 1 aliphatic carbocycles. The Bertz CT molecular complexity index is 605. The van der Waals surface area contributed by atoms with Gasteiger partial charge in [-0.05, 0) is 37.1 Å². The van der Waals surface area contributed by atoms with Crippen LogP contribution in [0.15, 0.2) is 17.0 Å². The van der Waals surface area contributed by atoms with Crippen LogP contribution in [0.5, 0.6) is 0 Å². The standard InChI is InChI=1S/C13H18Cl2N2O2S/c1-3-8-4-12(8)17-20(18,19)13-5-9(7-16-2)10(14)6-11(13)15/h5-6,8,12,16-17H,3-4,7H2,1-2H3. The molecule has 0 radical (unpaired) electrons. The molecule has 4 nitrogen and oxygen atoms in total. The highest BCUT2D eigenvalue weighted by Gasteiger charge is 2.39. The van der Waals surface area contributed by atoms with Crippen molar-refractivity contribution in [1.29, 1.82) is 0 Å². The molecule has 0 aliphatic heterocycles. The number of sulfonamides is 1. The summed E-state index contributed by atoms with van der Waals surface area (Å²) in [6, 6.07) is 3.05. The molecule has 2 atom stereocenters. The van der Waals surface area contributed by atoms with E-state index >= 15 is 0 Å². The van der Waals surface area contributed by atoms with Gasteiger partial charge in [-0.2, -0.15) is 0 Å². The van der Waals surface area contributed by atoms with Crippen LogP contribution < -0.4 is 10.0 Å².